The number of pyridine rings is 1. The van der Waals surface area contributed by atoms with E-state index in [0.29, 0.717) is 22.1 Å². The van der Waals surface area contributed by atoms with Gasteiger partial charge in [0.05, 0.1) is 31.4 Å². The molecule has 1 fully saturated rings. The molecule has 1 atom stereocenters. The minimum atomic E-state index is -0.825. The number of ether oxygens (including phenoxy) is 2. The van der Waals surface area contributed by atoms with Gasteiger partial charge in [-0.15, -0.1) is 0 Å². The summed E-state index contributed by atoms with van der Waals surface area (Å²) < 4.78 is 10.6. The summed E-state index contributed by atoms with van der Waals surface area (Å²) in [6, 6.07) is 14.4. The second kappa shape index (κ2) is 9.34. The molecule has 0 aliphatic carbocycles. The molecule has 3 aromatic rings. The molecule has 2 heterocycles. The summed E-state index contributed by atoms with van der Waals surface area (Å²) in [5.74, 6) is -1.00. The SMILES string of the molecule is COc1ccc(/C(O)=C2/C(=O)C(=O)N(Cc3cccnc3)C2c2ccc(Cl)cc2)c(OC)c1. The minimum Gasteiger partial charge on any atom is -0.507 e. The molecule has 33 heavy (non-hydrogen) atoms. The van der Waals surface area contributed by atoms with Crippen LogP contribution < -0.4 is 9.47 Å². The monoisotopic (exact) mass is 464 g/mol. The van der Waals surface area contributed by atoms with E-state index >= 15 is 0 Å². The van der Waals surface area contributed by atoms with E-state index in [1.165, 1.54) is 19.1 Å². The molecule has 0 saturated carbocycles. The number of halogens is 1. The lowest BCUT2D eigenvalue weighted by Crippen LogP contribution is -2.29. The van der Waals surface area contributed by atoms with Gasteiger partial charge in [-0.1, -0.05) is 29.8 Å². The van der Waals surface area contributed by atoms with Crippen LogP contribution in [0.1, 0.15) is 22.7 Å². The highest BCUT2D eigenvalue weighted by molar-refractivity contribution is 6.46. The average Bonchev–Trinajstić information content (AvgIpc) is 3.09. The van der Waals surface area contributed by atoms with Crippen molar-refractivity contribution < 1.29 is 24.2 Å². The average molecular weight is 465 g/mol. The Hall–Kier alpha value is -3.84. The Morgan fingerprint density at radius 3 is 2.48 bits per heavy atom. The number of carbonyl (C=O) groups is 2. The predicted molar refractivity (Wildman–Crippen MR) is 123 cm³/mol. The van der Waals surface area contributed by atoms with Crippen LogP contribution in [0.15, 0.2) is 72.6 Å². The lowest BCUT2D eigenvalue weighted by Gasteiger charge is -2.25. The predicted octanol–water partition coefficient (Wildman–Crippen LogP) is 4.37. The molecule has 1 amide bonds. The van der Waals surface area contributed by atoms with Crippen LogP contribution >= 0.6 is 11.6 Å². The van der Waals surface area contributed by atoms with Gasteiger partial charge in [-0.3, -0.25) is 14.6 Å². The third-order valence-corrected chi connectivity index (χ3v) is 5.72. The van der Waals surface area contributed by atoms with Gasteiger partial charge in [-0.05, 0) is 41.5 Å². The van der Waals surface area contributed by atoms with Crippen LogP contribution in [0.3, 0.4) is 0 Å². The summed E-state index contributed by atoms with van der Waals surface area (Å²) in [5.41, 5.74) is 1.63. The smallest absolute Gasteiger partial charge is 0.295 e. The van der Waals surface area contributed by atoms with Crippen molar-refractivity contribution in [3.05, 3.63) is 94.3 Å². The first-order valence-electron chi connectivity index (χ1n) is 10.1. The van der Waals surface area contributed by atoms with Gasteiger partial charge in [0.15, 0.2) is 0 Å². The van der Waals surface area contributed by atoms with Crippen molar-refractivity contribution in [2.75, 3.05) is 14.2 Å². The largest absolute Gasteiger partial charge is 0.507 e. The normalized spacial score (nSPS) is 17.3. The molecule has 0 bridgehead atoms. The summed E-state index contributed by atoms with van der Waals surface area (Å²) in [5, 5.41) is 11.8. The first kappa shape index (κ1) is 22.4. The van der Waals surface area contributed by atoms with E-state index in [1.54, 1.807) is 60.9 Å². The van der Waals surface area contributed by atoms with Gasteiger partial charge in [0, 0.05) is 30.0 Å². The Labute approximate surface area is 195 Å². The number of hydrogen-bond acceptors (Lipinski definition) is 6. The summed E-state index contributed by atoms with van der Waals surface area (Å²) in [4.78, 5) is 31.8. The minimum absolute atomic E-state index is 0.0327. The molecule has 1 N–H and O–H groups in total. The Balaban J connectivity index is 1.89. The van der Waals surface area contributed by atoms with Crippen LogP contribution in [0.4, 0.5) is 0 Å². The van der Waals surface area contributed by atoms with E-state index in [1.807, 2.05) is 6.07 Å². The fraction of sp³-hybridized carbons (Fsp3) is 0.160. The molecule has 1 aliphatic heterocycles. The molecular weight excluding hydrogens is 444 g/mol. The molecule has 0 spiro atoms. The number of aliphatic hydroxyl groups is 1. The van der Waals surface area contributed by atoms with Crippen LogP contribution in [0.2, 0.25) is 5.02 Å². The third kappa shape index (κ3) is 4.27. The van der Waals surface area contributed by atoms with E-state index in [-0.39, 0.29) is 23.4 Å². The zero-order valence-corrected chi connectivity index (χ0v) is 18.7. The fourth-order valence-electron chi connectivity index (χ4n) is 3.86. The molecule has 168 valence electrons. The Morgan fingerprint density at radius 1 is 1.09 bits per heavy atom. The zero-order valence-electron chi connectivity index (χ0n) is 18.0. The van der Waals surface area contributed by atoms with Crippen LogP contribution in [0, 0.1) is 0 Å². The number of benzene rings is 2. The first-order chi connectivity index (χ1) is 15.9. The number of Topliss-reactive ketones (excluding diaryl/α,β-unsaturated/α-hetero) is 1. The summed E-state index contributed by atoms with van der Waals surface area (Å²) in [7, 11) is 2.96. The van der Waals surface area contributed by atoms with Crippen molar-refractivity contribution in [1.82, 2.24) is 9.88 Å². The lowest BCUT2D eigenvalue weighted by molar-refractivity contribution is -0.140. The Kier molecular flexibility index (Phi) is 6.33. The van der Waals surface area contributed by atoms with Gasteiger partial charge >= 0.3 is 0 Å². The Morgan fingerprint density at radius 2 is 1.85 bits per heavy atom. The van der Waals surface area contributed by atoms with E-state index in [0.717, 1.165) is 5.56 Å². The number of hydrogen-bond donors (Lipinski definition) is 1. The highest BCUT2D eigenvalue weighted by Gasteiger charge is 2.46. The third-order valence-electron chi connectivity index (χ3n) is 5.47. The summed E-state index contributed by atoms with van der Waals surface area (Å²) in [6.45, 7) is 0.141. The van der Waals surface area contributed by atoms with Gasteiger partial charge in [0.1, 0.15) is 17.3 Å². The second-order valence-corrected chi connectivity index (χ2v) is 7.84. The maximum absolute atomic E-state index is 13.2. The van der Waals surface area contributed by atoms with Crippen LogP contribution in [-0.2, 0) is 16.1 Å². The number of carbonyl (C=O) groups excluding carboxylic acids is 2. The van der Waals surface area contributed by atoms with E-state index < -0.39 is 17.7 Å². The number of nitrogens with zero attached hydrogens (tertiary/aromatic N) is 2. The molecule has 1 unspecified atom stereocenters. The highest BCUT2D eigenvalue weighted by atomic mass is 35.5. The van der Waals surface area contributed by atoms with Crippen LogP contribution in [0.5, 0.6) is 11.5 Å². The second-order valence-electron chi connectivity index (χ2n) is 7.41. The topological polar surface area (TPSA) is 89.0 Å². The number of amides is 1. The maximum Gasteiger partial charge on any atom is 0.295 e. The molecule has 7 nitrogen and oxygen atoms in total. The Bertz CT molecular complexity index is 1230. The van der Waals surface area contributed by atoms with Crippen molar-refractivity contribution in [2.24, 2.45) is 0 Å². The standard InChI is InChI=1S/C25H21ClN2O5/c1-32-18-9-10-19(20(12-18)33-2)23(29)21-22(16-5-7-17(26)8-6-16)28(25(31)24(21)30)14-15-4-3-11-27-13-15/h3-13,22,29H,14H2,1-2H3/b23-21-. The molecular formula is C25H21ClN2O5. The maximum atomic E-state index is 13.2. The van der Waals surface area contributed by atoms with Gasteiger partial charge in [0.25, 0.3) is 11.7 Å². The van der Waals surface area contributed by atoms with E-state index in [9.17, 15) is 14.7 Å². The van der Waals surface area contributed by atoms with Crippen LogP contribution in [0.25, 0.3) is 5.76 Å². The van der Waals surface area contributed by atoms with E-state index in [4.69, 9.17) is 21.1 Å². The van der Waals surface area contributed by atoms with Crippen LogP contribution in [-0.4, -0.2) is 40.9 Å². The fourth-order valence-corrected chi connectivity index (χ4v) is 3.99. The summed E-state index contributed by atoms with van der Waals surface area (Å²) >= 11 is 6.06. The van der Waals surface area contributed by atoms with Crippen molar-refractivity contribution in [2.45, 2.75) is 12.6 Å². The molecule has 0 radical (unpaired) electrons. The van der Waals surface area contributed by atoms with Gasteiger partial charge in [-0.25, -0.2) is 0 Å². The van der Waals surface area contributed by atoms with Crippen molar-refractivity contribution in [1.29, 1.82) is 0 Å². The number of methoxy groups -OCH3 is 2. The number of rotatable bonds is 6. The van der Waals surface area contributed by atoms with Crippen molar-refractivity contribution in [3.8, 4) is 11.5 Å². The quantitative estimate of drug-likeness (QED) is 0.331. The van der Waals surface area contributed by atoms with Gasteiger partial charge < -0.3 is 19.5 Å². The molecule has 2 aromatic carbocycles. The summed E-state index contributed by atoms with van der Waals surface area (Å²) in [6.07, 6.45) is 3.26. The molecule has 4 rings (SSSR count). The number of likely N-dealkylation sites (tertiary alicyclic amines) is 1. The molecule has 1 saturated heterocycles. The highest BCUT2D eigenvalue weighted by Crippen LogP contribution is 2.42. The van der Waals surface area contributed by atoms with Gasteiger partial charge in [-0.2, -0.15) is 0 Å². The first-order valence-corrected chi connectivity index (χ1v) is 10.5. The number of aliphatic hydroxyl groups excluding tert-OH is 1. The number of ketones is 1. The molecule has 1 aromatic heterocycles. The molecule has 8 heteroatoms. The van der Waals surface area contributed by atoms with Crippen molar-refractivity contribution >= 4 is 29.1 Å². The van der Waals surface area contributed by atoms with Gasteiger partial charge in [0.2, 0.25) is 0 Å². The van der Waals surface area contributed by atoms with Crippen molar-refractivity contribution in [3.63, 3.8) is 0 Å². The lowest BCUT2D eigenvalue weighted by atomic mass is 9.95. The zero-order chi connectivity index (χ0) is 23.5. The number of aromatic nitrogens is 1. The molecule has 1 aliphatic rings. The van der Waals surface area contributed by atoms with E-state index in [2.05, 4.69) is 4.98 Å².